The van der Waals surface area contributed by atoms with Crippen LogP contribution in [0.2, 0.25) is 10.0 Å². The summed E-state index contributed by atoms with van der Waals surface area (Å²) in [4.78, 5) is 15.4. The SMILES string of the molecule is COC(=O)c1c(F)cncc1-c1cc(Cl)ccc1Cl. The number of carbonyl (C=O) groups excluding carboxylic acids is 1. The summed E-state index contributed by atoms with van der Waals surface area (Å²) in [6.45, 7) is 0. The Kier molecular flexibility index (Phi) is 4.02. The fraction of sp³-hybridized carbons (Fsp3) is 0.0769. The zero-order valence-electron chi connectivity index (χ0n) is 9.78. The Morgan fingerprint density at radius 2 is 2.00 bits per heavy atom. The largest absolute Gasteiger partial charge is 0.465 e. The highest BCUT2D eigenvalue weighted by Crippen LogP contribution is 2.33. The number of carbonyl (C=O) groups is 1. The smallest absolute Gasteiger partial charge is 0.341 e. The molecule has 3 nitrogen and oxygen atoms in total. The lowest BCUT2D eigenvalue weighted by Crippen LogP contribution is -2.07. The van der Waals surface area contributed by atoms with E-state index in [2.05, 4.69) is 9.72 Å². The summed E-state index contributed by atoms with van der Waals surface area (Å²) in [5.41, 5.74) is 0.433. The van der Waals surface area contributed by atoms with Gasteiger partial charge in [0.15, 0.2) is 5.82 Å². The van der Waals surface area contributed by atoms with Gasteiger partial charge in [-0.15, -0.1) is 0 Å². The first-order valence-corrected chi connectivity index (χ1v) is 5.97. The molecule has 0 radical (unpaired) electrons. The van der Waals surface area contributed by atoms with Crippen LogP contribution in [0.1, 0.15) is 10.4 Å². The zero-order valence-corrected chi connectivity index (χ0v) is 11.3. The number of methoxy groups -OCH3 is 1. The minimum atomic E-state index is -0.800. The molecule has 1 aromatic carbocycles. The van der Waals surface area contributed by atoms with Gasteiger partial charge in [-0.25, -0.2) is 9.18 Å². The van der Waals surface area contributed by atoms with Crippen LogP contribution in [0.3, 0.4) is 0 Å². The van der Waals surface area contributed by atoms with Crippen LogP contribution in [0.25, 0.3) is 11.1 Å². The predicted octanol–water partition coefficient (Wildman–Crippen LogP) is 3.98. The van der Waals surface area contributed by atoms with Gasteiger partial charge in [-0.2, -0.15) is 0 Å². The highest BCUT2D eigenvalue weighted by molar-refractivity contribution is 6.35. The van der Waals surface area contributed by atoms with E-state index >= 15 is 0 Å². The second-order valence-corrected chi connectivity index (χ2v) is 4.50. The number of nitrogens with zero attached hydrogens (tertiary/aromatic N) is 1. The Morgan fingerprint density at radius 3 is 2.68 bits per heavy atom. The number of benzene rings is 1. The number of ether oxygens (including phenoxy) is 1. The van der Waals surface area contributed by atoms with Crippen LogP contribution in [-0.2, 0) is 4.74 Å². The van der Waals surface area contributed by atoms with Crippen LogP contribution >= 0.6 is 23.2 Å². The Balaban J connectivity index is 2.72. The number of rotatable bonds is 2. The molecule has 1 heterocycles. The van der Waals surface area contributed by atoms with Crippen molar-refractivity contribution in [3.05, 3.63) is 52.0 Å². The predicted molar refractivity (Wildman–Crippen MR) is 71.0 cm³/mol. The molecule has 0 amide bonds. The van der Waals surface area contributed by atoms with Crippen LogP contribution in [0.15, 0.2) is 30.6 Å². The normalized spacial score (nSPS) is 10.3. The van der Waals surface area contributed by atoms with Crippen molar-refractivity contribution in [1.29, 1.82) is 0 Å². The maximum absolute atomic E-state index is 13.8. The van der Waals surface area contributed by atoms with E-state index in [0.29, 0.717) is 15.6 Å². The molecule has 0 bridgehead atoms. The lowest BCUT2D eigenvalue weighted by atomic mass is 10.0. The van der Waals surface area contributed by atoms with Crippen LogP contribution < -0.4 is 0 Å². The molecule has 2 aromatic rings. The van der Waals surface area contributed by atoms with E-state index in [1.165, 1.54) is 19.4 Å². The van der Waals surface area contributed by atoms with E-state index in [1.54, 1.807) is 12.1 Å². The third-order valence-corrected chi connectivity index (χ3v) is 3.07. The van der Waals surface area contributed by atoms with Crippen molar-refractivity contribution in [2.45, 2.75) is 0 Å². The third-order valence-electron chi connectivity index (χ3n) is 2.51. The molecule has 0 fully saturated rings. The molecule has 0 spiro atoms. The van der Waals surface area contributed by atoms with Gasteiger partial charge in [0, 0.05) is 27.4 Å². The van der Waals surface area contributed by atoms with E-state index in [1.807, 2.05) is 0 Å². The number of hydrogen-bond donors (Lipinski definition) is 0. The molecule has 0 N–H and O–H groups in total. The molecule has 19 heavy (non-hydrogen) atoms. The molecule has 98 valence electrons. The first kappa shape index (κ1) is 13.8. The number of esters is 1. The summed E-state index contributed by atoms with van der Waals surface area (Å²) in [7, 11) is 1.17. The first-order chi connectivity index (χ1) is 9.04. The molecule has 1 aromatic heterocycles. The highest BCUT2D eigenvalue weighted by atomic mass is 35.5. The summed E-state index contributed by atoms with van der Waals surface area (Å²) in [6, 6.07) is 4.69. The monoisotopic (exact) mass is 299 g/mol. The van der Waals surface area contributed by atoms with Gasteiger partial charge in [0.1, 0.15) is 5.56 Å². The maximum atomic E-state index is 13.8. The van der Waals surface area contributed by atoms with E-state index < -0.39 is 11.8 Å². The molecule has 0 unspecified atom stereocenters. The summed E-state index contributed by atoms with van der Waals surface area (Å²) in [6.07, 6.45) is 2.28. The summed E-state index contributed by atoms with van der Waals surface area (Å²) in [5.74, 6) is -1.58. The molecule has 0 aliphatic rings. The van der Waals surface area contributed by atoms with Crippen LogP contribution in [-0.4, -0.2) is 18.1 Å². The van der Waals surface area contributed by atoms with Crippen molar-refractivity contribution in [2.24, 2.45) is 0 Å². The number of hydrogen-bond acceptors (Lipinski definition) is 3. The molecule has 2 rings (SSSR count). The highest BCUT2D eigenvalue weighted by Gasteiger charge is 2.20. The van der Waals surface area contributed by atoms with E-state index in [-0.39, 0.29) is 11.1 Å². The lowest BCUT2D eigenvalue weighted by Gasteiger charge is -2.10. The second-order valence-electron chi connectivity index (χ2n) is 3.66. The minimum absolute atomic E-state index is 0.221. The fourth-order valence-electron chi connectivity index (χ4n) is 1.65. The Morgan fingerprint density at radius 1 is 1.26 bits per heavy atom. The molecular formula is C13H8Cl2FNO2. The van der Waals surface area contributed by atoms with Gasteiger partial charge in [0.2, 0.25) is 0 Å². The van der Waals surface area contributed by atoms with Gasteiger partial charge < -0.3 is 4.74 Å². The second kappa shape index (κ2) is 5.55. The first-order valence-electron chi connectivity index (χ1n) is 5.22. The quantitative estimate of drug-likeness (QED) is 0.787. The summed E-state index contributed by atoms with van der Waals surface area (Å²) < 4.78 is 18.3. The van der Waals surface area contributed by atoms with Crippen LogP contribution in [0.4, 0.5) is 4.39 Å². The van der Waals surface area contributed by atoms with Crippen molar-refractivity contribution in [3.63, 3.8) is 0 Å². The van der Waals surface area contributed by atoms with E-state index in [4.69, 9.17) is 23.2 Å². The maximum Gasteiger partial charge on any atom is 0.341 e. The lowest BCUT2D eigenvalue weighted by molar-refractivity contribution is 0.0596. The molecule has 0 saturated carbocycles. The third kappa shape index (κ3) is 2.69. The van der Waals surface area contributed by atoms with Crippen molar-refractivity contribution in [1.82, 2.24) is 4.98 Å². The van der Waals surface area contributed by atoms with Gasteiger partial charge in [0.25, 0.3) is 0 Å². The number of pyridine rings is 1. The summed E-state index contributed by atoms with van der Waals surface area (Å²) in [5, 5.41) is 0.751. The molecule has 0 aliphatic carbocycles. The summed E-state index contributed by atoms with van der Waals surface area (Å²) >= 11 is 11.9. The van der Waals surface area contributed by atoms with Crippen LogP contribution in [0.5, 0.6) is 0 Å². The Bertz CT molecular complexity index is 647. The van der Waals surface area contributed by atoms with Gasteiger partial charge in [-0.3, -0.25) is 4.98 Å². The van der Waals surface area contributed by atoms with Gasteiger partial charge >= 0.3 is 5.97 Å². The average Bonchev–Trinajstić information content (AvgIpc) is 2.40. The average molecular weight is 300 g/mol. The molecule has 0 atom stereocenters. The molecule has 0 saturated heterocycles. The van der Waals surface area contributed by atoms with E-state index in [0.717, 1.165) is 6.20 Å². The Labute approximate surface area is 118 Å². The number of aromatic nitrogens is 1. The topological polar surface area (TPSA) is 39.2 Å². The molecule has 6 heteroatoms. The van der Waals surface area contributed by atoms with Crippen molar-refractivity contribution in [3.8, 4) is 11.1 Å². The van der Waals surface area contributed by atoms with Crippen molar-refractivity contribution >= 4 is 29.2 Å². The van der Waals surface area contributed by atoms with Crippen molar-refractivity contribution < 1.29 is 13.9 Å². The fourth-order valence-corrected chi connectivity index (χ4v) is 2.04. The van der Waals surface area contributed by atoms with Crippen LogP contribution in [0, 0.1) is 5.82 Å². The van der Waals surface area contributed by atoms with E-state index in [9.17, 15) is 9.18 Å². The van der Waals surface area contributed by atoms with Gasteiger partial charge in [-0.05, 0) is 18.2 Å². The minimum Gasteiger partial charge on any atom is -0.465 e. The standard InChI is InChI=1S/C13H8Cl2FNO2/c1-19-13(18)12-9(5-17-6-11(12)16)8-4-7(14)2-3-10(8)15/h2-6H,1H3. The zero-order chi connectivity index (χ0) is 14.0. The molecular weight excluding hydrogens is 292 g/mol. The Hall–Kier alpha value is -1.65. The molecule has 0 aliphatic heterocycles. The number of halogens is 3. The van der Waals surface area contributed by atoms with Crippen molar-refractivity contribution in [2.75, 3.05) is 7.11 Å². The van der Waals surface area contributed by atoms with Gasteiger partial charge in [0.05, 0.1) is 13.3 Å². The van der Waals surface area contributed by atoms with Gasteiger partial charge in [-0.1, -0.05) is 23.2 Å².